The molecule has 3 aromatic rings. The number of hydrogen-bond donors (Lipinski definition) is 0. The highest BCUT2D eigenvalue weighted by molar-refractivity contribution is 6.03. The van der Waals surface area contributed by atoms with Crippen molar-refractivity contribution in [1.29, 1.82) is 0 Å². The summed E-state index contributed by atoms with van der Waals surface area (Å²) < 4.78 is 5.27. The van der Waals surface area contributed by atoms with E-state index in [1.54, 1.807) is 7.11 Å². The highest BCUT2D eigenvalue weighted by atomic mass is 16.5. The molecule has 0 heterocycles. The second-order valence-corrected chi connectivity index (χ2v) is 5.34. The third kappa shape index (κ3) is 2.92. The summed E-state index contributed by atoms with van der Waals surface area (Å²) in [6.45, 7) is 0.385. The summed E-state index contributed by atoms with van der Waals surface area (Å²) in [4.78, 5) is 12.9. The van der Waals surface area contributed by atoms with E-state index in [0.717, 1.165) is 21.9 Å². The Morgan fingerprint density at radius 3 is 2.32 bits per heavy atom. The largest absolute Gasteiger partial charge is 0.384 e. The Morgan fingerprint density at radius 1 is 0.909 bits per heavy atom. The van der Waals surface area contributed by atoms with Gasteiger partial charge in [0.15, 0.2) is 5.78 Å². The zero-order valence-electron chi connectivity index (χ0n) is 12.5. The van der Waals surface area contributed by atoms with E-state index < -0.39 is 0 Å². The van der Waals surface area contributed by atoms with Crippen molar-refractivity contribution in [3.8, 4) is 0 Å². The third-order valence-corrected chi connectivity index (χ3v) is 3.89. The van der Waals surface area contributed by atoms with Gasteiger partial charge in [0.05, 0.1) is 12.5 Å². The van der Waals surface area contributed by atoms with Crippen molar-refractivity contribution in [2.45, 2.75) is 5.92 Å². The number of methoxy groups -OCH3 is 1. The molecule has 0 N–H and O–H groups in total. The molecular formula is C20H18O2. The smallest absolute Gasteiger partial charge is 0.172 e. The molecule has 0 spiro atoms. The number of ether oxygens (including phenoxy) is 1. The molecule has 3 aromatic carbocycles. The van der Waals surface area contributed by atoms with Crippen LogP contribution in [0.5, 0.6) is 0 Å². The van der Waals surface area contributed by atoms with Crippen LogP contribution in [0.2, 0.25) is 0 Å². The Hall–Kier alpha value is -2.45. The number of carbonyl (C=O) groups is 1. The first-order valence-electron chi connectivity index (χ1n) is 7.36. The average Bonchev–Trinajstić information content (AvgIpc) is 2.59. The van der Waals surface area contributed by atoms with E-state index >= 15 is 0 Å². The van der Waals surface area contributed by atoms with Gasteiger partial charge in [-0.1, -0.05) is 66.7 Å². The van der Waals surface area contributed by atoms with Crippen LogP contribution in [0.15, 0.2) is 72.8 Å². The van der Waals surface area contributed by atoms with Gasteiger partial charge in [0.1, 0.15) is 0 Å². The zero-order valence-corrected chi connectivity index (χ0v) is 12.5. The fourth-order valence-corrected chi connectivity index (χ4v) is 2.72. The van der Waals surface area contributed by atoms with Crippen molar-refractivity contribution < 1.29 is 9.53 Å². The summed E-state index contributed by atoms with van der Waals surface area (Å²) in [5, 5.41) is 2.22. The summed E-state index contributed by atoms with van der Waals surface area (Å²) in [6.07, 6.45) is 0. The van der Waals surface area contributed by atoms with E-state index in [4.69, 9.17) is 4.74 Å². The van der Waals surface area contributed by atoms with Gasteiger partial charge in [-0.15, -0.1) is 0 Å². The molecule has 0 aliphatic rings. The standard InChI is InChI=1S/C20H18O2/c1-22-14-19(16-8-3-2-4-9-16)20(21)18-12-11-15-7-5-6-10-17(15)13-18/h2-13,19H,14H2,1H3. The lowest BCUT2D eigenvalue weighted by atomic mass is 9.90. The Balaban J connectivity index is 1.98. The van der Waals surface area contributed by atoms with Crippen LogP contribution in [-0.4, -0.2) is 19.5 Å². The van der Waals surface area contributed by atoms with Crippen LogP contribution < -0.4 is 0 Å². The number of Topliss-reactive ketones (excluding diaryl/α,β-unsaturated/α-hetero) is 1. The summed E-state index contributed by atoms with van der Waals surface area (Å²) in [5.41, 5.74) is 1.71. The van der Waals surface area contributed by atoms with Gasteiger partial charge in [-0.05, 0) is 22.4 Å². The number of hydrogen-bond acceptors (Lipinski definition) is 2. The molecule has 1 atom stereocenters. The predicted molar refractivity (Wildman–Crippen MR) is 89.3 cm³/mol. The molecule has 0 saturated heterocycles. The number of ketones is 1. The molecule has 1 unspecified atom stereocenters. The van der Waals surface area contributed by atoms with Crippen LogP contribution in [0.3, 0.4) is 0 Å². The van der Waals surface area contributed by atoms with Crippen molar-refractivity contribution >= 4 is 16.6 Å². The number of rotatable bonds is 5. The van der Waals surface area contributed by atoms with Gasteiger partial charge in [-0.3, -0.25) is 4.79 Å². The maximum Gasteiger partial charge on any atom is 0.172 e. The van der Waals surface area contributed by atoms with Crippen LogP contribution >= 0.6 is 0 Å². The molecule has 0 fully saturated rings. The minimum Gasteiger partial charge on any atom is -0.384 e. The number of carbonyl (C=O) groups excluding carboxylic acids is 1. The van der Waals surface area contributed by atoms with Crippen LogP contribution in [-0.2, 0) is 4.74 Å². The summed E-state index contributed by atoms with van der Waals surface area (Å²) in [6, 6.07) is 23.7. The Morgan fingerprint density at radius 2 is 1.59 bits per heavy atom. The lowest BCUT2D eigenvalue weighted by Gasteiger charge is -2.16. The maximum atomic E-state index is 12.9. The van der Waals surface area contributed by atoms with Crippen molar-refractivity contribution in [1.82, 2.24) is 0 Å². The number of benzene rings is 3. The van der Waals surface area contributed by atoms with Gasteiger partial charge in [-0.2, -0.15) is 0 Å². The molecule has 2 heteroatoms. The second-order valence-electron chi connectivity index (χ2n) is 5.34. The fraction of sp³-hybridized carbons (Fsp3) is 0.150. The van der Waals surface area contributed by atoms with Crippen molar-refractivity contribution in [3.05, 3.63) is 83.9 Å². The topological polar surface area (TPSA) is 26.3 Å². The number of fused-ring (bicyclic) bond motifs is 1. The Labute approximate surface area is 130 Å². The highest BCUT2D eigenvalue weighted by Gasteiger charge is 2.22. The van der Waals surface area contributed by atoms with Crippen LogP contribution in [0, 0.1) is 0 Å². The first kappa shape index (κ1) is 14.5. The molecule has 0 aliphatic carbocycles. The summed E-state index contributed by atoms with van der Waals surface area (Å²) in [7, 11) is 1.63. The highest BCUT2D eigenvalue weighted by Crippen LogP contribution is 2.24. The van der Waals surface area contributed by atoms with Gasteiger partial charge in [0.25, 0.3) is 0 Å². The molecule has 2 nitrogen and oxygen atoms in total. The molecule has 3 rings (SSSR count). The van der Waals surface area contributed by atoms with E-state index in [9.17, 15) is 4.79 Å². The van der Waals surface area contributed by atoms with Gasteiger partial charge in [-0.25, -0.2) is 0 Å². The minimum atomic E-state index is -0.271. The van der Waals surface area contributed by atoms with E-state index in [2.05, 4.69) is 0 Å². The molecule has 0 aromatic heterocycles. The van der Waals surface area contributed by atoms with Crippen LogP contribution in [0.4, 0.5) is 0 Å². The van der Waals surface area contributed by atoms with Crippen LogP contribution in [0.1, 0.15) is 21.8 Å². The molecular weight excluding hydrogens is 272 g/mol. The Kier molecular flexibility index (Phi) is 4.31. The summed E-state index contributed by atoms with van der Waals surface area (Å²) >= 11 is 0. The minimum absolute atomic E-state index is 0.0961. The van der Waals surface area contributed by atoms with Gasteiger partial charge < -0.3 is 4.74 Å². The first-order chi connectivity index (χ1) is 10.8. The summed E-state index contributed by atoms with van der Waals surface area (Å²) in [5.74, 6) is -0.175. The zero-order chi connectivity index (χ0) is 15.4. The van der Waals surface area contributed by atoms with E-state index in [1.165, 1.54) is 0 Å². The van der Waals surface area contributed by atoms with Crippen molar-refractivity contribution in [3.63, 3.8) is 0 Å². The Bertz CT molecular complexity index is 778. The van der Waals surface area contributed by atoms with E-state index in [-0.39, 0.29) is 11.7 Å². The van der Waals surface area contributed by atoms with Crippen molar-refractivity contribution in [2.75, 3.05) is 13.7 Å². The molecule has 0 aliphatic heterocycles. The van der Waals surface area contributed by atoms with Crippen molar-refractivity contribution in [2.24, 2.45) is 0 Å². The van der Waals surface area contributed by atoms with E-state index in [0.29, 0.717) is 6.61 Å². The predicted octanol–water partition coefficient (Wildman–Crippen LogP) is 4.45. The van der Waals surface area contributed by atoms with Gasteiger partial charge in [0, 0.05) is 12.7 Å². The van der Waals surface area contributed by atoms with Gasteiger partial charge >= 0.3 is 0 Å². The second kappa shape index (κ2) is 6.54. The van der Waals surface area contributed by atoms with E-state index in [1.807, 2.05) is 72.8 Å². The monoisotopic (exact) mass is 290 g/mol. The molecule has 0 amide bonds. The molecule has 0 saturated carbocycles. The quantitative estimate of drug-likeness (QED) is 0.649. The normalized spacial score (nSPS) is 12.2. The maximum absolute atomic E-state index is 12.9. The lowest BCUT2D eigenvalue weighted by Crippen LogP contribution is -2.18. The average molecular weight is 290 g/mol. The lowest BCUT2D eigenvalue weighted by molar-refractivity contribution is 0.0888. The van der Waals surface area contributed by atoms with Crippen LogP contribution in [0.25, 0.3) is 10.8 Å². The third-order valence-electron chi connectivity index (χ3n) is 3.89. The fourth-order valence-electron chi connectivity index (χ4n) is 2.72. The molecule has 110 valence electrons. The molecule has 0 radical (unpaired) electrons. The first-order valence-corrected chi connectivity index (χ1v) is 7.36. The van der Waals surface area contributed by atoms with Gasteiger partial charge in [0.2, 0.25) is 0 Å². The SMILES string of the molecule is COCC(C(=O)c1ccc2ccccc2c1)c1ccccc1. The molecule has 0 bridgehead atoms. The molecule has 22 heavy (non-hydrogen) atoms.